The molecule has 0 spiro atoms. The molecule has 0 aliphatic carbocycles. The van der Waals surface area contributed by atoms with Crippen molar-refractivity contribution in [1.82, 2.24) is 14.5 Å². The first-order chi connectivity index (χ1) is 17.3. The Morgan fingerprint density at radius 2 is 1.58 bits per heavy atom. The van der Waals surface area contributed by atoms with Crippen LogP contribution >= 0.6 is 11.3 Å². The predicted octanol–water partition coefficient (Wildman–Crippen LogP) is 4.87. The topological polar surface area (TPSA) is 92.3 Å². The summed E-state index contributed by atoms with van der Waals surface area (Å²) in [5.74, 6) is -0.581. The van der Waals surface area contributed by atoms with Gasteiger partial charge in [-0.3, -0.25) is 4.79 Å². The second kappa shape index (κ2) is 11.6. The number of carbonyl (C=O) groups is 1. The quantitative estimate of drug-likeness (QED) is 0.322. The Morgan fingerprint density at radius 3 is 2.25 bits per heavy atom. The van der Waals surface area contributed by atoms with Crippen LogP contribution in [-0.2, 0) is 21.2 Å². The van der Waals surface area contributed by atoms with E-state index in [2.05, 4.69) is 39.8 Å². The Balaban J connectivity index is 1.44. The van der Waals surface area contributed by atoms with E-state index < -0.39 is 10.0 Å². The molecule has 1 heterocycles. The molecule has 0 aliphatic rings. The van der Waals surface area contributed by atoms with Crippen molar-refractivity contribution in [3.05, 3.63) is 107 Å². The van der Waals surface area contributed by atoms with Crippen LogP contribution in [0.15, 0.2) is 89.8 Å². The Bertz CT molecular complexity index is 1390. The van der Waals surface area contributed by atoms with E-state index in [4.69, 9.17) is 0 Å². The summed E-state index contributed by atoms with van der Waals surface area (Å²) in [6.07, 6.45) is 0.744. The molecule has 3 aromatic carbocycles. The Labute approximate surface area is 215 Å². The minimum absolute atomic E-state index is 0.103. The lowest BCUT2D eigenvalue weighted by Crippen LogP contribution is -2.32. The molecule has 1 amide bonds. The number of nitrogens with one attached hydrogen (secondary N) is 1. The summed E-state index contributed by atoms with van der Waals surface area (Å²) < 4.78 is 27.4. The van der Waals surface area contributed by atoms with Gasteiger partial charge in [0.1, 0.15) is 5.01 Å². The zero-order valence-electron chi connectivity index (χ0n) is 20.2. The lowest BCUT2D eigenvalue weighted by Gasteiger charge is -2.24. The van der Waals surface area contributed by atoms with Crippen LogP contribution in [-0.4, -0.2) is 42.4 Å². The van der Waals surface area contributed by atoms with E-state index in [-0.39, 0.29) is 29.7 Å². The van der Waals surface area contributed by atoms with Crippen LogP contribution in [0.3, 0.4) is 0 Å². The van der Waals surface area contributed by atoms with E-state index in [1.54, 1.807) is 30.3 Å². The van der Waals surface area contributed by atoms with Crippen LogP contribution in [0, 0.1) is 6.92 Å². The van der Waals surface area contributed by atoms with Gasteiger partial charge in [-0.1, -0.05) is 89.7 Å². The Kier molecular flexibility index (Phi) is 8.25. The van der Waals surface area contributed by atoms with Gasteiger partial charge in [0.25, 0.3) is 0 Å². The van der Waals surface area contributed by atoms with Gasteiger partial charge in [0.15, 0.2) is 0 Å². The third-order valence-electron chi connectivity index (χ3n) is 5.82. The van der Waals surface area contributed by atoms with E-state index in [0.717, 1.165) is 16.1 Å². The summed E-state index contributed by atoms with van der Waals surface area (Å²) in [7, 11) is -2.14. The van der Waals surface area contributed by atoms with Crippen molar-refractivity contribution in [2.45, 2.75) is 30.6 Å². The summed E-state index contributed by atoms with van der Waals surface area (Å²) >= 11 is 1.34. The first-order valence-electron chi connectivity index (χ1n) is 11.6. The number of likely N-dealkylation sites (N-methyl/N-ethyl adjacent to an activating group) is 1. The minimum Gasteiger partial charge on any atom is -0.301 e. The molecule has 4 rings (SSSR count). The zero-order chi connectivity index (χ0) is 25.5. The zero-order valence-corrected chi connectivity index (χ0v) is 21.8. The first kappa shape index (κ1) is 25.7. The molecule has 0 radical (unpaired) electrons. The number of amides is 1. The number of nitrogens with zero attached hydrogens (tertiary/aromatic N) is 3. The number of aryl methyl sites for hydroxylation is 1. The van der Waals surface area contributed by atoms with Crippen LogP contribution in [0.1, 0.15) is 34.0 Å². The molecule has 0 saturated heterocycles. The van der Waals surface area contributed by atoms with Gasteiger partial charge in [-0.05, 0) is 30.2 Å². The van der Waals surface area contributed by atoms with Gasteiger partial charge >= 0.3 is 0 Å². The van der Waals surface area contributed by atoms with Crippen molar-refractivity contribution in [3.8, 4) is 0 Å². The van der Waals surface area contributed by atoms with Gasteiger partial charge in [0, 0.05) is 32.4 Å². The van der Waals surface area contributed by atoms with Gasteiger partial charge in [-0.15, -0.1) is 10.2 Å². The van der Waals surface area contributed by atoms with E-state index in [1.165, 1.54) is 28.3 Å². The lowest BCUT2D eigenvalue weighted by molar-refractivity contribution is -0.116. The molecule has 0 saturated carbocycles. The fourth-order valence-corrected chi connectivity index (χ4v) is 5.87. The summed E-state index contributed by atoms with van der Waals surface area (Å²) in [6.45, 7) is 2.20. The van der Waals surface area contributed by atoms with Crippen molar-refractivity contribution in [1.29, 1.82) is 0 Å². The molecule has 0 fully saturated rings. The number of sulfonamides is 1. The maximum absolute atomic E-state index is 13.1. The highest BCUT2D eigenvalue weighted by atomic mass is 32.2. The number of benzene rings is 3. The third-order valence-corrected chi connectivity index (χ3v) is 8.50. The normalized spacial score (nSPS) is 12.4. The summed E-state index contributed by atoms with van der Waals surface area (Å²) in [5.41, 5.74) is 3.21. The highest BCUT2D eigenvalue weighted by Crippen LogP contribution is 2.25. The second-order valence-electron chi connectivity index (χ2n) is 8.62. The fraction of sp³-hybridized carbons (Fsp3) is 0.222. The van der Waals surface area contributed by atoms with E-state index in [0.29, 0.717) is 11.6 Å². The molecule has 1 aromatic heterocycles. The van der Waals surface area contributed by atoms with Crippen molar-refractivity contribution in [2.75, 3.05) is 18.9 Å². The van der Waals surface area contributed by atoms with Crippen molar-refractivity contribution < 1.29 is 13.2 Å². The maximum atomic E-state index is 13.1. The SMILES string of the molecule is Cc1ccc(Cc2nnc(NC(=O)CC(CN(C)S(=O)(=O)c3ccccc3)c3ccccc3)s2)cc1. The lowest BCUT2D eigenvalue weighted by atomic mass is 9.95. The number of carbonyl (C=O) groups excluding carboxylic acids is 1. The number of rotatable bonds is 10. The van der Waals surface area contributed by atoms with Crippen LogP contribution in [0.4, 0.5) is 5.13 Å². The van der Waals surface area contributed by atoms with Gasteiger partial charge < -0.3 is 5.32 Å². The molecule has 9 heteroatoms. The fourth-order valence-electron chi connectivity index (χ4n) is 3.84. The minimum atomic E-state index is -3.68. The largest absolute Gasteiger partial charge is 0.301 e. The maximum Gasteiger partial charge on any atom is 0.242 e. The van der Waals surface area contributed by atoms with Gasteiger partial charge in [0.2, 0.25) is 21.1 Å². The van der Waals surface area contributed by atoms with E-state index in [1.807, 2.05) is 37.3 Å². The highest BCUT2D eigenvalue weighted by Gasteiger charge is 2.26. The number of hydrogen-bond donors (Lipinski definition) is 1. The number of aromatic nitrogens is 2. The third kappa shape index (κ3) is 6.63. The van der Waals surface area contributed by atoms with Crippen molar-refractivity contribution in [3.63, 3.8) is 0 Å². The molecule has 36 heavy (non-hydrogen) atoms. The molecule has 1 atom stereocenters. The summed E-state index contributed by atoms with van der Waals surface area (Å²) in [6, 6.07) is 26.0. The van der Waals surface area contributed by atoms with Crippen LogP contribution in [0.2, 0.25) is 0 Å². The summed E-state index contributed by atoms with van der Waals surface area (Å²) in [5, 5.41) is 12.4. The smallest absolute Gasteiger partial charge is 0.242 e. The first-order valence-corrected chi connectivity index (χ1v) is 13.8. The van der Waals surface area contributed by atoms with Gasteiger partial charge in [-0.25, -0.2) is 12.7 Å². The van der Waals surface area contributed by atoms with Crippen LogP contribution < -0.4 is 5.32 Å². The van der Waals surface area contributed by atoms with E-state index >= 15 is 0 Å². The molecule has 4 aromatic rings. The molecule has 186 valence electrons. The molecule has 1 unspecified atom stereocenters. The van der Waals surface area contributed by atoms with Crippen LogP contribution in [0.5, 0.6) is 0 Å². The molecular formula is C27H28N4O3S2. The molecule has 0 bridgehead atoms. The summed E-state index contributed by atoms with van der Waals surface area (Å²) in [4.78, 5) is 13.2. The molecule has 1 N–H and O–H groups in total. The second-order valence-corrected chi connectivity index (χ2v) is 11.7. The number of anilines is 1. The predicted molar refractivity (Wildman–Crippen MR) is 143 cm³/mol. The van der Waals surface area contributed by atoms with Crippen molar-refractivity contribution in [2.24, 2.45) is 0 Å². The molecule has 0 aliphatic heterocycles. The van der Waals surface area contributed by atoms with Crippen molar-refractivity contribution >= 4 is 32.4 Å². The standard InChI is InChI=1S/C27H28N4O3S2/c1-20-13-15-21(16-14-20)17-26-29-30-27(35-26)28-25(32)18-23(22-9-5-3-6-10-22)19-31(2)36(33,34)24-11-7-4-8-12-24/h3-16,23H,17-19H2,1-2H3,(H,28,30,32). The van der Waals surface area contributed by atoms with Gasteiger partial charge in [-0.2, -0.15) is 0 Å². The average molecular weight is 521 g/mol. The van der Waals surface area contributed by atoms with Gasteiger partial charge in [0.05, 0.1) is 4.90 Å². The highest BCUT2D eigenvalue weighted by molar-refractivity contribution is 7.89. The average Bonchev–Trinajstić information content (AvgIpc) is 3.32. The van der Waals surface area contributed by atoms with Crippen LogP contribution in [0.25, 0.3) is 0 Å². The molecular weight excluding hydrogens is 492 g/mol. The number of hydrogen-bond acceptors (Lipinski definition) is 6. The monoisotopic (exact) mass is 520 g/mol. The Hall–Kier alpha value is -3.40. The Morgan fingerprint density at radius 1 is 0.944 bits per heavy atom. The molecule has 7 nitrogen and oxygen atoms in total. The van der Waals surface area contributed by atoms with E-state index in [9.17, 15) is 13.2 Å².